The van der Waals surface area contributed by atoms with Crippen LogP contribution in [0.5, 0.6) is 0 Å². The molecule has 0 spiro atoms. The molecule has 0 saturated carbocycles. The van der Waals surface area contributed by atoms with Crippen molar-refractivity contribution in [2.24, 2.45) is 0 Å². The molecule has 0 unspecified atom stereocenters. The zero-order valence-electron chi connectivity index (χ0n) is 6.88. The zero-order valence-corrected chi connectivity index (χ0v) is 6.88. The fraction of sp³-hybridized carbons (Fsp3) is 0. The lowest BCUT2D eigenvalue weighted by molar-refractivity contribution is 0.846. The van der Waals surface area contributed by atoms with E-state index in [-0.39, 0.29) is 5.95 Å². The summed E-state index contributed by atoms with van der Waals surface area (Å²) in [5, 5.41) is 3.94. The quantitative estimate of drug-likeness (QED) is 0.608. The summed E-state index contributed by atoms with van der Waals surface area (Å²) < 4.78 is 0. The maximum Gasteiger partial charge on any atom is 0.239 e. The number of hydrogen-bond acceptors (Lipinski definition) is 4. The molecule has 0 aliphatic carbocycles. The van der Waals surface area contributed by atoms with Crippen molar-refractivity contribution in [2.75, 3.05) is 11.6 Å². The maximum absolute atomic E-state index is 5.44. The first-order chi connectivity index (χ1) is 6.27. The second-order valence-electron chi connectivity index (χ2n) is 2.60. The van der Waals surface area contributed by atoms with E-state index in [1.54, 1.807) is 0 Å². The lowest BCUT2D eigenvalue weighted by atomic mass is 10.2. The first-order valence-electron chi connectivity index (χ1n) is 3.80. The van der Waals surface area contributed by atoms with Crippen molar-refractivity contribution in [1.29, 1.82) is 0 Å². The minimum Gasteiger partial charge on any atom is -0.367 e. The van der Waals surface area contributed by atoms with Crippen LogP contribution < -0.4 is 11.6 Å². The van der Waals surface area contributed by atoms with Crippen LogP contribution in [0.2, 0.25) is 0 Å². The van der Waals surface area contributed by atoms with Crippen molar-refractivity contribution in [1.82, 2.24) is 14.9 Å². The summed E-state index contributed by atoms with van der Waals surface area (Å²) in [6.45, 7) is 0. The van der Waals surface area contributed by atoms with Gasteiger partial charge in [-0.25, -0.2) is 0 Å². The Morgan fingerprint density at radius 2 is 1.85 bits per heavy atom. The second-order valence-corrected chi connectivity index (χ2v) is 2.60. The molecule has 0 bridgehead atoms. The Balaban J connectivity index is 2.48. The van der Waals surface area contributed by atoms with E-state index in [1.165, 1.54) is 0 Å². The predicted octanol–water partition coefficient (Wildman–Crippen LogP) is 0.241. The van der Waals surface area contributed by atoms with Crippen molar-refractivity contribution < 1.29 is 0 Å². The molecule has 0 atom stereocenters. The van der Waals surface area contributed by atoms with E-state index in [0.717, 1.165) is 10.4 Å². The fourth-order valence-corrected chi connectivity index (χ4v) is 1.04. The van der Waals surface area contributed by atoms with E-state index < -0.39 is 0 Å². The standard InChI is InChI=1S/C8H9N5/c9-8-11-7(12-13(8)10)6-4-2-1-3-5-6/h1-5H,10H2,(H2,9,11,12). The maximum atomic E-state index is 5.44. The molecular weight excluding hydrogens is 166 g/mol. The molecule has 0 radical (unpaired) electrons. The van der Waals surface area contributed by atoms with Gasteiger partial charge in [-0.1, -0.05) is 30.3 Å². The molecule has 0 aliphatic rings. The second kappa shape index (κ2) is 2.78. The average Bonchev–Trinajstić information content (AvgIpc) is 2.49. The third-order valence-corrected chi connectivity index (χ3v) is 1.69. The topological polar surface area (TPSA) is 82.8 Å². The van der Waals surface area contributed by atoms with E-state index in [2.05, 4.69) is 10.1 Å². The summed E-state index contributed by atoms with van der Waals surface area (Å²) in [6.07, 6.45) is 0. The Hall–Kier alpha value is -2.04. The van der Waals surface area contributed by atoms with Gasteiger partial charge in [-0.15, -0.1) is 9.89 Å². The zero-order chi connectivity index (χ0) is 9.26. The molecule has 2 rings (SSSR count). The van der Waals surface area contributed by atoms with Crippen LogP contribution in [0.1, 0.15) is 0 Å². The Morgan fingerprint density at radius 1 is 1.15 bits per heavy atom. The van der Waals surface area contributed by atoms with Crippen molar-refractivity contribution >= 4 is 5.95 Å². The summed E-state index contributed by atoms with van der Waals surface area (Å²) in [5.41, 5.74) is 6.34. The van der Waals surface area contributed by atoms with E-state index >= 15 is 0 Å². The SMILES string of the molecule is Nc1nc(-c2ccccc2)nn1N. The van der Waals surface area contributed by atoms with Gasteiger partial charge in [0.15, 0.2) is 5.82 Å². The molecule has 0 saturated heterocycles. The van der Waals surface area contributed by atoms with Gasteiger partial charge in [-0.05, 0) is 0 Å². The first kappa shape index (κ1) is 7.60. The minimum absolute atomic E-state index is 0.207. The van der Waals surface area contributed by atoms with Crippen LogP contribution in [0.15, 0.2) is 30.3 Å². The average molecular weight is 175 g/mol. The Morgan fingerprint density at radius 3 is 2.38 bits per heavy atom. The third kappa shape index (κ3) is 1.31. The van der Waals surface area contributed by atoms with Crippen LogP contribution in [0.25, 0.3) is 11.4 Å². The van der Waals surface area contributed by atoms with Crippen LogP contribution in [0.3, 0.4) is 0 Å². The summed E-state index contributed by atoms with van der Waals surface area (Å²) in [4.78, 5) is 5.04. The van der Waals surface area contributed by atoms with E-state index in [1.807, 2.05) is 30.3 Å². The van der Waals surface area contributed by atoms with Crippen molar-refractivity contribution in [3.05, 3.63) is 30.3 Å². The highest BCUT2D eigenvalue weighted by Crippen LogP contribution is 2.14. The van der Waals surface area contributed by atoms with Gasteiger partial charge in [0.25, 0.3) is 0 Å². The highest BCUT2D eigenvalue weighted by atomic mass is 15.5. The number of hydrogen-bond donors (Lipinski definition) is 2. The number of anilines is 1. The van der Waals surface area contributed by atoms with Crippen LogP contribution in [0.4, 0.5) is 5.95 Å². The van der Waals surface area contributed by atoms with Gasteiger partial charge in [0.05, 0.1) is 0 Å². The lowest BCUT2D eigenvalue weighted by Gasteiger charge is -1.91. The molecule has 0 aliphatic heterocycles. The largest absolute Gasteiger partial charge is 0.367 e. The Bertz CT molecular complexity index is 386. The molecule has 0 amide bonds. The highest BCUT2D eigenvalue weighted by Gasteiger charge is 2.05. The number of nitrogens with two attached hydrogens (primary N) is 2. The van der Waals surface area contributed by atoms with Crippen molar-refractivity contribution in [2.45, 2.75) is 0 Å². The predicted molar refractivity (Wildman–Crippen MR) is 50.0 cm³/mol. The van der Waals surface area contributed by atoms with Crippen LogP contribution in [0, 0.1) is 0 Å². The molecule has 5 nitrogen and oxygen atoms in total. The summed E-state index contributed by atoms with van der Waals surface area (Å²) in [6, 6.07) is 9.53. The van der Waals surface area contributed by atoms with Crippen LogP contribution in [-0.4, -0.2) is 14.9 Å². The van der Waals surface area contributed by atoms with E-state index in [4.69, 9.17) is 11.6 Å². The third-order valence-electron chi connectivity index (χ3n) is 1.69. The van der Waals surface area contributed by atoms with Gasteiger partial charge in [0, 0.05) is 5.56 Å². The summed E-state index contributed by atoms with van der Waals surface area (Å²) >= 11 is 0. The normalized spacial score (nSPS) is 10.2. The van der Waals surface area contributed by atoms with Gasteiger partial charge in [0.1, 0.15) is 0 Å². The van der Waals surface area contributed by atoms with Crippen LogP contribution in [-0.2, 0) is 0 Å². The van der Waals surface area contributed by atoms with E-state index in [9.17, 15) is 0 Å². The minimum atomic E-state index is 0.207. The summed E-state index contributed by atoms with van der Waals surface area (Å²) in [7, 11) is 0. The molecule has 66 valence electrons. The Labute approximate surface area is 75.0 Å². The number of benzene rings is 1. The van der Waals surface area contributed by atoms with Gasteiger partial charge >= 0.3 is 0 Å². The molecule has 1 aromatic carbocycles. The number of rotatable bonds is 1. The van der Waals surface area contributed by atoms with Gasteiger partial charge < -0.3 is 11.6 Å². The highest BCUT2D eigenvalue weighted by molar-refractivity contribution is 5.55. The lowest BCUT2D eigenvalue weighted by Crippen LogP contribution is -2.13. The van der Waals surface area contributed by atoms with Gasteiger partial charge in [-0.2, -0.15) is 4.98 Å². The first-order valence-corrected chi connectivity index (χ1v) is 3.80. The van der Waals surface area contributed by atoms with Crippen molar-refractivity contribution in [3.8, 4) is 11.4 Å². The van der Waals surface area contributed by atoms with E-state index in [0.29, 0.717) is 5.82 Å². The number of aromatic nitrogens is 3. The van der Waals surface area contributed by atoms with Crippen molar-refractivity contribution in [3.63, 3.8) is 0 Å². The molecule has 1 aromatic heterocycles. The molecular formula is C8H9N5. The smallest absolute Gasteiger partial charge is 0.239 e. The van der Waals surface area contributed by atoms with Gasteiger partial charge in [0.2, 0.25) is 5.95 Å². The Kier molecular flexibility index (Phi) is 1.63. The molecule has 1 heterocycles. The molecule has 0 fully saturated rings. The number of nitrogens with zero attached hydrogens (tertiary/aromatic N) is 3. The number of nitrogen functional groups attached to an aromatic ring is 2. The molecule has 2 aromatic rings. The van der Waals surface area contributed by atoms with Gasteiger partial charge in [-0.3, -0.25) is 0 Å². The molecule has 5 heteroatoms. The fourth-order valence-electron chi connectivity index (χ4n) is 1.04. The monoisotopic (exact) mass is 175 g/mol. The molecule has 13 heavy (non-hydrogen) atoms. The summed E-state index contributed by atoms with van der Waals surface area (Å²) in [5.74, 6) is 6.15. The molecule has 4 N–H and O–H groups in total. The van der Waals surface area contributed by atoms with Crippen LogP contribution >= 0.6 is 0 Å².